The van der Waals surface area contributed by atoms with Gasteiger partial charge in [-0.2, -0.15) is 14.1 Å². The van der Waals surface area contributed by atoms with E-state index in [2.05, 4.69) is 34.9 Å². The SMILES string of the molecule is C[N-][C@@H](c1ccccc1)[C@@H]([N-]C)c1ccccc1.[Li+].[Li+]. The number of likely N-dealkylation sites (N-methyl/N-ethyl adjacent to an activating group) is 2. The quantitative estimate of drug-likeness (QED) is 0.579. The van der Waals surface area contributed by atoms with Crippen molar-refractivity contribution in [1.82, 2.24) is 0 Å². The van der Waals surface area contributed by atoms with Crippen LogP contribution in [0.5, 0.6) is 0 Å². The Hall–Kier alpha value is -0.445. The van der Waals surface area contributed by atoms with Crippen molar-refractivity contribution in [3.8, 4) is 0 Å². The zero-order valence-electron chi connectivity index (χ0n) is 12.8. The van der Waals surface area contributed by atoms with Gasteiger partial charge in [0.2, 0.25) is 0 Å². The first-order chi connectivity index (χ1) is 8.86. The minimum absolute atomic E-state index is 0. The fourth-order valence-electron chi connectivity index (χ4n) is 2.25. The van der Waals surface area contributed by atoms with Crippen molar-refractivity contribution < 1.29 is 37.7 Å². The van der Waals surface area contributed by atoms with Crippen LogP contribution in [0.2, 0.25) is 0 Å². The Morgan fingerprint density at radius 3 is 1.15 bits per heavy atom. The predicted octanol–water partition coefficient (Wildman–Crippen LogP) is -1.52. The third kappa shape index (κ3) is 4.83. The molecular weight excluding hydrogens is 234 g/mol. The summed E-state index contributed by atoms with van der Waals surface area (Å²) in [7, 11) is 3.72. The van der Waals surface area contributed by atoms with Crippen LogP contribution in [0.1, 0.15) is 23.2 Å². The minimum atomic E-state index is 0. The molecular formula is C16H18Li2N2. The summed E-state index contributed by atoms with van der Waals surface area (Å²) in [6.07, 6.45) is 0. The van der Waals surface area contributed by atoms with E-state index in [0.29, 0.717) is 0 Å². The predicted molar refractivity (Wildman–Crippen MR) is 76.9 cm³/mol. The standard InChI is InChI=1S/C16H18N2.2Li/c1-17-15(13-9-5-3-6-10-13)16(18-2)14-11-7-4-8-12-14;;/h3-12,15-16H,1-2H3;;/q-2;2*+1/t15-,16-;;/m0../s1. The zero-order valence-corrected chi connectivity index (χ0v) is 12.8. The fraction of sp³-hybridized carbons (Fsp3) is 0.250. The van der Waals surface area contributed by atoms with Crippen LogP contribution in [0.3, 0.4) is 0 Å². The molecule has 2 aromatic carbocycles. The topological polar surface area (TPSA) is 28.2 Å². The summed E-state index contributed by atoms with van der Waals surface area (Å²) in [6.45, 7) is 0. The van der Waals surface area contributed by atoms with Gasteiger partial charge in [-0.15, -0.1) is 12.1 Å². The van der Waals surface area contributed by atoms with Crippen molar-refractivity contribution in [1.29, 1.82) is 0 Å². The second-order valence-corrected chi connectivity index (χ2v) is 4.23. The van der Waals surface area contributed by atoms with E-state index < -0.39 is 0 Å². The Morgan fingerprint density at radius 2 is 0.900 bits per heavy atom. The number of benzene rings is 2. The molecule has 0 amide bonds. The van der Waals surface area contributed by atoms with Crippen molar-refractivity contribution in [3.63, 3.8) is 0 Å². The first-order valence-electron chi connectivity index (χ1n) is 6.14. The zero-order chi connectivity index (χ0) is 12.8. The van der Waals surface area contributed by atoms with E-state index in [-0.39, 0.29) is 49.8 Å². The van der Waals surface area contributed by atoms with Crippen LogP contribution >= 0.6 is 0 Å². The molecule has 94 valence electrons. The third-order valence-corrected chi connectivity index (χ3v) is 3.14. The summed E-state index contributed by atoms with van der Waals surface area (Å²) < 4.78 is 0. The maximum atomic E-state index is 4.51. The van der Waals surface area contributed by atoms with Gasteiger partial charge < -0.3 is 10.6 Å². The molecule has 0 unspecified atom stereocenters. The molecule has 0 aromatic heterocycles. The van der Waals surface area contributed by atoms with E-state index >= 15 is 0 Å². The summed E-state index contributed by atoms with van der Waals surface area (Å²) in [5.41, 5.74) is 2.42. The largest absolute Gasteiger partial charge is 1.00 e. The van der Waals surface area contributed by atoms with Crippen LogP contribution in [0, 0.1) is 0 Å². The normalized spacial score (nSPS) is 12.7. The van der Waals surface area contributed by atoms with Gasteiger partial charge in [-0.25, -0.2) is 0 Å². The Balaban J connectivity index is 0.00000180. The van der Waals surface area contributed by atoms with Gasteiger partial charge in [0, 0.05) is 0 Å². The average molecular weight is 252 g/mol. The molecule has 20 heavy (non-hydrogen) atoms. The molecule has 2 aromatic rings. The minimum Gasteiger partial charge on any atom is -0.659 e. The summed E-state index contributed by atoms with van der Waals surface area (Å²) in [6, 6.07) is 20.8. The van der Waals surface area contributed by atoms with Gasteiger partial charge in [0.1, 0.15) is 0 Å². The first kappa shape index (κ1) is 19.6. The molecule has 2 atom stereocenters. The van der Waals surface area contributed by atoms with Crippen molar-refractivity contribution in [2.45, 2.75) is 12.1 Å². The molecule has 0 aliphatic carbocycles. The Bertz CT molecular complexity index is 417. The molecule has 0 spiro atoms. The summed E-state index contributed by atoms with van der Waals surface area (Å²) in [4.78, 5) is 0. The second-order valence-electron chi connectivity index (χ2n) is 4.23. The van der Waals surface area contributed by atoms with E-state index in [0.717, 1.165) is 0 Å². The molecule has 0 bridgehead atoms. The summed E-state index contributed by atoms with van der Waals surface area (Å²) in [5.74, 6) is 0. The van der Waals surface area contributed by atoms with E-state index in [1.165, 1.54) is 11.1 Å². The molecule has 0 N–H and O–H groups in total. The van der Waals surface area contributed by atoms with E-state index in [1.807, 2.05) is 50.5 Å². The monoisotopic (exact) mass is 252 g/mol. The van der Waals surface area contributed by atoms with Crippen molar-refractivity contribution in [3.05, 3.63) is 82.4 Å². The molecule has 4 heteroatoms. The van der Waals surface area contributed by atoms with Gasteiger partial charge in [0.15, 0.2) is 0 Å². The van der Waals surface area contributed by atoms with E-state index in [1.54, 1.807) is 0 Å². The van der Waals surface area contributed by atoms with Crippen molar-refractivity contribution in [2.75, 3.05) is 14.1 Å². The molecule has 0 saturated carbocycles. The van der Waals surface area contributed by atoms with Crippen LogP contribution < -0.4 is 37.7 Å². The van der Waals surface area contributed by atoms with Crippen LogP contribution in [0.4, 0.5) is 0 Å². The number of nitrogens with zero attached hydrogens (tertiary/aromatic N) is 2. The Kier molecular flexibility index (Phi) is 10.1. The van der Waals surface area contributed by atoms with Crippen molar-refractivity contribution >= 4 is 0 Å². The van der Waals surface area contributed by atoms with E-state index in [4.69, 9.17) is 0 Å². The molecule has 2 nitrogen and oxygen atoms in total. The van der Waals surface area contributed by atoms with Gasteiger partial charge in [0.25, 0.3) is 0 Å². The van der Waals surface area contributed by atoms with Crippen molar-refractivity contribution in [2.24, 2.45) is 0 Å². The van der Waals surface area contributed by atoms with Gasteiger partial charge in [-0.1, -0.05) is 71.8 Å². The first-order valence-corrected chi connectivity index (χ1v) is 6.14. The Labute approximate surface area is 146 Å². The molecule has 0 aliphatic rings. The summed E-state index contributed by atoms with van der Waals surface area (Å²) >= 11 is 0. The molecule has 0 radical (unpaired) electrons. The summed E-state index contributed by atoms with van der Waals surface area (Å²) in [5, 5.41) is 9.02. The molecule has 2 rings (SSSR count). The van der Waals surface area contributed by atoms with Gasteiger partial charge in [-0.3, -0.25) is 0 Å². The fourth-order valence-corrected chi connectivity index (χ4v) is 2.25. The average Bonchev–Trinajstić information content (AvgIpc) is 2.46. The molecule has 0 heterocycles. The van der Waals surface area contributed by atoms with Gasteiger partial charge in [-0.05, 0) is 0 Å². The maximum Gasteiger partial charge on any atom is 1.00 e. The van der Waals surface area contributed by atoms with Crippen LogP contribution in [0.15, 0.2) is 60.7 Å². The molecule has 0 fully saturated rings. The second kappa shape index (κ2) is 10.3. The number of hydrogen-bond donors (Lipinski definition) is 0. The third-order valence-electron chi connectivity index (χ3n) is 3.14. The van der Waals surface area contributed by atoms with Gasteiger partial charge >= 0.3 is 37.7 Å². The maximum absolute atomic E-state index is 4.51. The van der Waals surface area contributed by atoms with Crippen LogP contribution in [-0.4, -0.2) is 14.1 Å². The number of rotatable bonds is 5. The molecule has 0 aliphatic heterocycles. The van der Waals surface area contributed by atoms with E-state index in [9.17, 15) is 0 Å². The molecule has 0 saturated heterocycles. The van der Waals surface area contributed by atoms with Gasteiger partial charge in [0.05, 0.1) is 0 Å². The number of hydrogen-bond acceptors (Lipinski definition) is 0. The van der Waals surface area contributed by atoms with Crippen LogP contribution in [0.25, 0.3) is 10.6 Å². The smallest absolute Gasteiger partial charge is 0.659 e. The van der Waals surface area contributed by atoms with Crippen LogP contribution in [-0.2, 0) is 0 Å². The Morgan fingerprint density at radius 1 is 0.600 bits per heavy atom.